The van der Waals surface area contributed by atoms with Gasteiger partial charge in [0.15, 0.2) is 0 Å². The van der Waals surface area contributed by atoms with E-state index in [0.29, 0.717) is 25.7 Å². The van der Waals surface area contributed by atoms with E-state index in [1.165, 1.54) is 0 Å². The zero-order valence-corrected chi connectivity index (χ0v) is 22.7. The molecule has 0 aliphatic heterocycles. The number of aliphatic carboxylic acids is 2. The van der Waals surface area contributed by atoms with Crippen LogP contribution < -0.4 is 0 Å². The van der Waals surface area contributed by atoms with Gasteiger partial charge >= 0.3 is 11.9 Å². The van der Waals surface area contributed by atoms with E-state index in [2.05, 4.69) is 26.0 Å². The van der Waals surface area contributed by atoms with Gasteiger partial charge in [0, 0.05) is 16.7 Å². The third-order valence-corrected chi connectivity index (χ3v) is 14.1. The first-order valence-electron chi connectivity index (χ1n) is 14.3. The van der Waals surface area contributed by atoms with Crippen molar-refractivity contribution in [1.82, 2.24) is 0 Å². The maximum absolute atomic E-state index is 12.9. The lowest BCUT2D eigenvalue weighted by Gasteiger charge is -2.68. The van der Waals surface area contributed by atoms with Gasteiger partial charge in [0.1, 0.15) is 0 Å². The predicted octanol–water partition coefficient (Wildman–Crippen LogP) is 3.85. The lowest BCUT2D eigenvalue weighted by Crippen LogP contribution is -2.66. The maximum Gasteiger partial charge on any atom is 0.312 e. The van der Waals surface area contributed by atoms with Crippen LogP contribution >= 0.6 is 0 Å². The molecule has 0 bridgehead atoms. The second-order valence-corrected chi connectivity index (χ2v) is 15.0. The van der Waals surface area contributed by atoms with E-state index in [1.807, 2.05) is 6.92 Å². The summed E-state index contributed by atoms with van der Waals surface area (Å²) in [5, 5.41) is 53.7. The Morgan fingerprint density at radius 2 is 1.57 bits per heavy atom. The maximum atomic E-state index is 12.9. The number of hydrogen-bond acceptors (Lipinski definition) is 5. The molecule has 0 unspecified atom stereocenters. The van der Waals surface area contributed by atoms with E-state index in [1.54, 1.807) is 6.92 Å². The molecule has 0 heterocycles. The SMILES string of the molecule is C[C@@]1(CO)CC[C@]2(C(=O)O)CC[C@]34C[C@]3(C=C[C@@H]3[C@@]5(C)CC[C@@H](O)[C@](C)(C(=O)O)[C@@H]5CC[C@]34C)[C@@H]2[C@@H]1O. The summed E-state index contributed by atoms with van der Waals surface area (Å²) in [4.78, 5) is 25.4. The number of carbonyl (C=O) groups is 2. The number of fused-ring (bicyclic) bond motifs is 4. The van der Waals surface area contributed by atoms with Crippen molar-refractivity contribution >= 4 is 11.9 Å². The van der Waals surface area contributed by atoms with E-state index in [9.17, 15) is 35.1 Å². The Bertz CT molecular complexity index is 1090. The second kappa shape index (κ2) is 7.19. The minimum absolute atomic E-state index is 0.128. The molecular formula is C30H44O7. The smallest absolute Gasteiger partial charge is 0.312 e. The Morgan fingerprint density at radius 1 is 0.892 bits per heavy atom. The quantitative estimate of drug-likeness (QED) is 0.360. The average Bonchev–Trinajstić information content (AvgIpc) is 3.55. The molecule has 0 aromatic rings. The van der Waals surface area contributed by atoms with Crippen LogP contribution in [0.1, 0.15) is 85.5 Å². The second-order valence-electron chi connectivity index (χ2n) is 15.0. The number of rotatable bonds is 3. The number of aliphatic hydroxyl groups excluding tert-OH is 3. The fourth-order valence-electron chi connectivity index (χ4n) is 11.7. The van der Waals surface area contributed by atoms with Crippen molar-refractivity contribution in [3.05, 3.63) is 12.2 Å². The molecule has 0 saturated heterocycles. The summed E-state index contributed by atoms with van der Waals surface area (Å²) in [6, 6.07) is 0. The topological polar surface area (TPSA) is 135 Å². The molecule has 0 amide bonds. The van der Waals surface area contributed by atoms with Crippen LogP contribution in [0.15, 0.2) is 12.2 Å². The van der Waals surface area contributed by atoms with E-state index in [4.69, 9.17) is 0 Å². The van der Waals surface area contributed by atoms with Crippen LogP contribution in [0.25, 0.3) is 0 Å². The lowest BCUT2D eigenvalue weighted by atomic mass is 9.36. The van der Waals surface area contributed by atoms with Crippen LogP contribution in [0.2, 0.25) is 0 Å². The number of hydrogen-bond donors (Lipinski definition) is 5. The molecule has 5 fully saturated rings. The third kappa shape index (κ3) is 2.56. The van der Waals surface area contributed by atoms with Gasteiger partial charge in [-0.3, -0.25) is 9.59 Å². The van der Waals surface area contributed by atoms with E-state index >= 15 is 0 Å². The minimum atomic E-state index is -1.19. The first-order chi connectivity index (χ1) is 17.2. The molecule has 7 nitrogen and oxygen atoms in total. The predicted molar refractivity (Wildman–Crippen MR) is 135 cm³/mol. The highest BCUT2D eigenvalue weighted by molar-refractivity contribution is 5.77. The summed E-state index contributed by atoms with van der Waals surface area (Å²) in [6.45, 7) is 8.03. The van der Waals surface area contributed by atoms with Crippen molar-refractivity contribution in [2.75, 3.05) is 6.61 Å². The van der Waals surface area contributed by atoms with Crippen LogP contribution in [-0.4, -0.2) is 56.3 Å². The van der Waals surface area contributed by atoms with Gasteiger partial charge in [0.05, 0.1) is 29.6 Å². The summed E-state index contributed by atoms with van der Waals surface area (Å²) in [5.74, 6) is -2.21. The molecular weight excluding hydrogens is 472 g/mol. The van der Waals surface area contributed by atoms with Crippen LogP contribution in [0, 0.1) is 55.7 Å². The number of carboxylic acid groups (broad SMARTS) is 2. The highest BCUT2D eigenvalue weighted by Gasteiger charge is 2.86. The van der Waals surface area contributed by atoms with Crippen molar-refractivity contribution < 1.29 is 35.1 Å². The highest BCUT2D eigenvalue weighted by Crippen LogP contribution is 2.90. The number of aliphatic hydroxyl groups is 3. The van der Waals surface area contributed by atoms with Gasteiger partial charge in [-0.2, -0.15) is 0 Å². The van der Waals surface area contributed by atoms with E-state index in [-0.39, 0.29) is 34.7 Å². The standard InChI is InChI=1S/C30H44O7/c1-24(16-31)11-12-28(23(36)37)13-14-30-15-29(30,20(28)21(24)33)10-6-17-25(2)8-7-19(32)27(4,22(34)35)18(25)5-9-26(17,30)3/h6,10,17-21,31-33H,5,7-9,11-16H2,1-4H3,(H,34,35)(H,36,37)/t17-,18-,19-,20-,21+,24+,25-,26-,27-,28+,29-,30-/m1/s1. The van der Waals surface area contributed by atoms with Gasteiger partial charge in [0.2, 0.25) is 0 Å². The zero-order valence-electron chi connectivity index (χ0n) is 22.7. The molecule has 37 heavy (non-hydrogen) atoms. The Balaban J connectivity index is 1.48. The van der Waals surface area contributed by atoms with Crippen molar-refractivity contribution in [3.63, 3.8) is 0 Å². The van der Waals surface area contributed by atoms with Gasteiger partial charge in [0.25, 0.3) is 0 Å². The first-order valence-corrected chi connectivity index (χ1v) is 14.3. The summed E-state index contributed by atoms with van der Waals surface area (Å²) in [6.07, 6.45) is 8.69. The van der Waals surface area contributed by atoms with Gasteiger partial charge < -0.3 is 25.5 Å². The third-order valence-electron chi connectivity index (χ3n) is 14.1. The van der Waals surface area contributed by atoms with Gasteiger partial charge in [-0.1, -0.05) is 32.9 Å². The monoisotopic (exact) mass is 516 g/mol. The number of allylic oxidation sites excluding steroid dienone is 2. The molecule has 0 aromatic heterocycles. The summed E-state index contributed by atoms with van der Waals surface area (Å²) >= 11 is 0. The fraction of sp³-hybridized carbons (Fsp3) is 0.867. The normalized spacial score (nSPS) is 59.7. The molecule has 0 aromatic carbocycles. The van der Waals surface area contributed by atoms with Crippen LogP contribution in [0.5, 0.6) is 0 Å². The summed E-state index contributed by atoms with van der Waals surface area (Å²) in [7, 11) is 0. The van der Waals surface area contributed by atoms with Gasteiger partial charge in [-0.25, -0.2) is 0 Å². The van der Waals surface area contributed by atoms with Crippen LogP contribution in [0.4, 0.5) is 0 Å². The average molecular weight is 517 g/mol. The van der Waals surface area contributed by atoms with Crippen molar-refractivity contribution in [2.24, 2.45) is 55.7 Å². The molecule has 206 valence electrons. The highest BCUT2D eigenvalue weighted by atomic mass is 16.4. The minimum Gasteiger partial charge on any atom is -0.481 e. The molecule has 6 aliphatic rings. The molecule has 6 rings (SSSR count). The summed E-state index contributed by atoms with van der Waals surface area (Å²) < 4.78 is 0. The van der Waals surface area contributed by atoms with Crippen molar-refractivity contribution in [3.8, 4) is 0 Å². The van der Waals surface area contributed by atoms with Crippen molar-refractivity contribution in [1.29, 1.82) is 0 Å². The van der Waals surface area contributed by atoms with Gasteiger partial charge in [-0.05, 0) is 92.8 Å². The largest absolute Gasteiger partial charge is 0.481 e. The Hall–Kier alpha value is -1.44. The van der Waals surface area contributed by atoms with Crippen molar-refractivity contribution in [2.45, 2.75) is 97.7 Å². The van der Waals surface area contributed by atoms with Crippen LogP contribution in [-0.2, 0) is 9.59 Å². The Kier molecular flexibility index (Phi) is 5.02. The summed E-state index contributed by atoms with van der Waals surface area (Å²) in [5.41, 5.74) is -3.88. The zero-order chi connectivity index (χ0) is 27.0. The van der Waals surface area contributed by atoms with E-state index in [0.717, 1.165) is 32.1 Å². The molecule has 5 saturated carbocycles. The number of carboxylic acids is 2. The fourth-order valence-corrected chi connectivity index (χ4v) is 11.7. The molecule has 5 N–H and O–H groups in total. The Morgan fingerprint density at radius 3 is 2.19 bits per heavy atom. The van der Waals surface area contributed by atoms with E-state index < -0.39 is 51.7 Å². The Labute approximate surface area is 219 Å². The molecule has 0 radical (unpaired) electrons. The molecule has 7 heteroatoms. The first kappa shape index (κ1) is 25.8. The molecule has 0 spiro atoms. The van der Waals surface area contributed by atoms with Crippen LogP contribution in [0.3, 0.4) is 0 Å². The molecule has 12 atom stereocenters. The molecule has 6 aliphatic carbocycles. The van der Waals surface area contributed by atoms with Gasteiger partial charge in [-0.15, -0.1) is 0 Å². The lowest BCUT2D eigenvalue weighted by molar-refractivity contribution is -0.221.